The molecule has 3 rings (SSSR count). The van der Waals surface area contributed by atoms with Crippen molar-refractivity contribution in [1.82, 2.24) is 4.90 Å². The molecule has 5 heteroatoms. The van der Waals surface area contributed by atoms with Crippen LogP contribution in [0.4, 0.5) is 20.6 Å². The van der Waals surface area contributed by atoms with E-state index in [0.717, 1.165) is 19.5 Å². The highest BCUT2D eigenvalue weighted by Crippen LogP contribution is 2.22. The zero-order chi connectivity index (χ0) is 16.9. The van der Waals surface area contributed by atoms with Gasteiger partial charge in [0.25, 0.3) is 0 Å². The SMILES string of the molecule is CCc1ccccc1N1CCN(C(=O)Nc2ccccc2F)CC1. The molecule has 0 unspecified atom stereocenters. The Morgan fingerprint density at radius 2 is 1.71 bits per heavy atom. The second-order valence-corrected chi connectivity index (χ2v) is 5.87. The van der Waals surface area contributed by atoms with E-state index in [9.17, 15) is 9.18 Å². The van der Waals surface area contributed by atoms with Crippen molar-refractivity contribution in [3.05, 3.63) is 59.9 Å². The van der Waals surface area contributed by atoms with Crippen molar-refractivity contribution >= 4 is 17.4 Å². The maximum absolute atomic E-state index is 13.6. The Morgan fingerprint density at radius 3 is 2.42 bits per heavy atom. The smallest absolute Gasteiger partial charge is 0.322 e. The van der Waals surface area contributed by atoms with E-state index in [1.54, 1.807) is 23.1 Å². The zero-order valence-corrected chi connectivity index (χ0v) is 13.8. The molecule has 1 fully saturated rings. The van der Waals surface area contributed by atoms with Crippen molar-refractivity contribution in [3.63, 3.8) is 0 Å². The molecule has 1 aliphatic heterocycles. The molecule has 1 N–H and O–H groups in total. The number of nitrogens with one attached hydrogen (secondary N) is 1. The Kier molecular flexibility index (Phi) is 4.99. The third kappa shape index (κ3) is 3.50. The first-order valence-corrected chi connectivity index (χ1v) is 8.32. The quantitative estimate of drug-likeness (QED) is 0.932. The van der Waals surface area contributed by atoms with Crippen LogP contribution in [0, 0.1) is 5.82 Å². The molecule has 2 aromatic rings. The lowest BCUT2D eigenvalue weighted by atomic mass is 10.1. The van der Waals surface area contributed by atoms with Crippen LogP contribution in [0.3, 0.4) is 0 Å². The lowest BCUT2D eigenvalue weighted by Gasteiger charge is -2.37. The largest absolute Gasteiger partial charge is 0.368 e. The van der Waals surface area contributed by atoms with Gasteiger partial charge in [0.15, 0.2) is 0 Å². The Hall–Kier alpha value is -2.56. The van der Waals surface area contributed by atoms with Gasteiger partial charge in [-0.05, 0) is 30.2 Å². The summed E-state index contributed by atoms with van der Waals surface area (Å²) in [4.78, 5) is 16.4. The topological polar surface area (TPSA) is 35.6 Å². The molecular formula is C19H22FN3O. The molecule has 24 heavy (non-hydrogen) atoms. The standard InChI is InChI=1S/C19H22FN3O/c1-2-15-7-3-6-10-18(15)22-11-13-23(14-12-22)19(24)21-17-9-5-4-8-16(17)20/h3-10H,2,11-14H2,1H3,(H,21,24). The number of halogens is 1. The van der Waals surface area contributed by atoms with Crippen LogP contribution in [0.5, 0.6) is 0 Å². The fraction of sp³-hybridized carbons (Fsp3) is 0.316. The van der Waals surface area contributed by atoms with Gasteiger partial charge in [-0.1, -0.05) is 37.3 Å². The Labute approximate surface area is 141 Å². The van der Waals surface area contributed by atoms with E-state index < -0.39 is 5.82 Å². The van der Waals surface area contributed by atoms with Gasteiger partial charge in [-0.25, -0.2) is 9.18 Å². The molecular weight excluding hydrogens is 305 g/mol. The van der Waals surface area contributed by atoms with Gasteiger partial charge < -0.3 is 15.1 Å². The molecule has 0 aliphatic carbocycles. The van der Waals surface area contributed by atoms with Crippen molar-refractivity contribution in [2.75, 3.05) is 36.4 Å². The highest BCUT2D eigenvalue weighted by atomic mass is 19.1. The average Bonchev–Trinajstić information content (AvgIpc) is 2.63. The highest BCUT2D eigenvalue weighted by molar-refractivity contribution is 5.89. The van der Waals surface area contributed by atoms with Gasteiger partial charge in [0, 0.05) is 31.9 Å². The maximum Gasteiger partial charge on any atom is 0.322 e. The first-order valence-electron chi connectivity index (χ1n) is 8.32. The van der Waals surface area contributed by atoms with Crippen LogP contribution in [0.15, 0.2) is 48.5 Å². The maximum atomic E-state index is 13.6. The number of aryl methyl sites for hydroxylation is 1. The van der Waals surface area contributed by atoms with Gasteiger partial charge in [0.05, 0.1) is 5.69 Å². The van der Waals surface area contributed by atoms with E-state index >= 15 is 0 Å². The van der Waals surface area contributed by atoms with Crippen molar-refractivity contribution in [2.45, 2.75) is 13.3 Å². The predicted molar refractivity (Wildman–Crippen MR) is 95.0 cm³/mol. The van der Waals surface area contributed by atoms with E-state index in [4.69, 9.17) is 0 Å². The molecule has 2 aromatic carbocycles. The van der Waals surface area contributed by atoms with E-state index in [1.807, 2.05) is 6.07 Å². The molecule has 0 saturated carbocycles. The summed E-state index contributed by atoms with van der Waals surface area (Å²) in [6.07, 6.45) is 0.990. The molecule has 2 amide bonds. The van der Waals surface area contributed by atoms with Crippen molar-refractivity contribution in [2.24, 2.45) is 0 Å². The van der Waals surface area contributed by atoms with E-state index in [2.05, 4.69) is 35.3 Å². The third-order valence-electron chi connectivity index (χ3n) is 4.40. The normalized spacial score (nSPS) is 14.6. The van der Waals surface area contributed by atoms with Gasteiger partial charge in [0.1, 0.15) is 5.82 Å². The Morgan fingerprint density at radius 1 is 1.04 bits per heavy atom. The second kappa shape index (κ2) is 7.34. The molecule has 0 radical (unpaired) electrons. The van der Waals surface area contributed by atoms with Crippen LogP contribution < -0.4 is 10.2 Å². The Bertz CT molecular complexity index is 711. The molecule has 4 nitrogen and oxygen atoms in total. The molecule has 0 spiro atoms. The van der Waals surface area contributed by atoms with Crippen molar-refractivity contribution in [3.8, 4) is 0 Å². The first-order chi connectivity index (χ1) is 11.7. The van der Waals surface area contributed by atoms with E-state index in [-0.39, 0.29) is 11.7 Å². The minimum atomic E-state index is -0.415. The second-order valence-electron chi connectivity index (χ2n) is 5.87. The van der Waals surface area contributed by atoms with Gasteiger partial charge in [0.2, 0.25) is 0 Å². The number of hydrogen-bond donors (Lipinski definition) is 1. The molecule has 1 aliphatic rings. The number of piperazine rings is 1. The van der Waals surface area contributed by atoms with Gasteiger partial charge in [-0.15, -0.1) is 0 Å². The van der Waals surface area contributed by atoms with Crippen molar-refractivity contribution < 1.29 is 9.18 Å². The van der Waals surface area contributed by atoms with Crippen LogP contribution in [0.2, 0.25) is 0 Å². The summed E-state index contributed by atoms with van der Waals surface area (Å²) in [7, 11) is 0. The Balaban J connectivity index is 1.61. The minimum absolute atomic E-state index is 0.223. The molecule has 0 aromatic heterocycles. The number of carbonyl (C=O) groups excluding carboxylic acids is 1. The number of rotatable bonds is 3. The van der Waals surface area contributed by atoms with Gasteiger partial charge in [-0.2, -0.15) is 0 Å². The first kappa shape index (κ1) is 16.3. The van der Waals surface area contributed by atoms with Gasteiger partial charge in [-0.3, -0.25) is 0 Å². The van der Waals surface area contributed by atoms with E-state index in [1.165, 1.54) is 17.3 Å². The molecule has 0 atom stereocenters. The summed E-state index contributed by atoms with van der Waals surface area (Å²) in [5.41, 5.74) is 2.79. The zero-order valence-electron chi connectivity index (χ0n) is 13.8. The third-order valence-corrected chi connectivity index (χ3v) is 4.40. The number of benzene rings is 2. The lowest BCUT2D eigenvalue weighted by Crippen LogP contribution is -2.50. The predicted octanol–water partition coefficient (Wildman–Crippen LogP) is 3.74. The average molecular weight is 327 g/mol. The highest BCUT2D eigenvalue weighted by Gasteiger charge is 2.22. The summed E-state index contributed by atoms with van der Waals surface area (Å²) >= 11 is 0. The number of nitrogens with zero attached hydrogens (tertiary/aromatic N) is 2. The number of anilines is 2. The van der Waals surface area contributed by atoms with Crippen LogP contribution in [-0.4, -0.2) is 37.1 Å². The van der Waals surface area contributed by atoms with Crippen LogP contribution in [-0.2, 0) is 6.42 Å². The summed E-state index contributed by atoms with van der Waals surface area (Å²) < 4.78 is 13.6. The van der Waals surface area contributed by atoms with Crippen LogP contribution in [0.1, 0.15) is 12.5 Å². The molecule has 126 valence electrons. The molecule has 1 heterocycles. The summed E-state index contributed by atoms with van der Waals surface area (Å²) in [6, 6.07) is 14.4. The van der Waals surface area contributed by atoms with Crippen LogP contribution in [0.25, 0.3) is 0 Å². The number of hydrogen-bond acceptors (Lipinski definition) is 2. The summed E-state index contributed by atoms with van der Waals surface area (Å²) in [5, 5.41) is 2.65. The van der Waals surface area contributed by atoms with E-state index in [0.29, 0.717) is 13.1 Å². The number of amides is 2. The minimum Gasteiger partial charge on any atom is -0.368 e. The number of urea groups is 1. The fourth-order valence-electron chi connectivity index (χ4n) is 3.03. The van der Waals surface area contributed by atoms with Crippen molar-refractivity contribution in [1.29, 1.82) is 0 Å². The molecule has 0 bridgehead atoms. The summed E-state index contributed by atoms with van der Waals surface area (Å²) in [5.74, 6) is -0.415. The lowest BCUT2D eigenvalue weighted by molar-refractivity contribution is 0.208. The summed E-state index contributed by atoms with van der Waals surface area (Å²) in [6.45, 7) is 4.96. The fourth-order valence-corrected chi connectivity index (χ4v) is 3.03. The monoisotopic (exact) mass is 327 g/mol. The number of para-hydroxylation sites is 2. The molecule has 1 saturated heterocycles. The van der Waals surface area contributed by atoms with Crippen LogP contribution >= 0.6 is 0 Å². The number of carbonyl (C=O) groups is 1. The van der Waals surface area contributed by atoms with Gasteiger partial charge >= 0.3 is 6.03 Å².